The van der Waals surface area contributed by atoms with Crippen LogP contribution in [0.2, 0.25) is 0 Å². The number of nitrogens with one attached hydrogen (secondary N) is 2. The maximum atomic E-state index is 12.3. The molecular formula is C26H34N8O3S. The monoisotopic (exact) mass is 538 g/mol. The van der Waals surface area contributed by atoms with Crippen LogP contribution in [0, 0.1) is 0 Å². The summed E-state index contributed by atoms with van der Waals surface area (Å²) >= 11 is 0. The van der Waals surface area contributed by atoms with Crippen LogP contribution in [0.3, 0.4) is 0 Å². The number of hydrogen-bond acceptors (Lipinski definition) is 9. The summed E-state index contributed by atoms with van der Waals surface area (Å²) in [4.78, 5) is 41.2. The third-order valence-electron chi connectivity index (χ3n) is 6.70. The van der Waals surface area contributed by atoms with Crippen LogP contribution in [-0.2, 0) is 14.3 Å². The highest BCUT2D eigenvalue weighted by Gasteiger charge is 2.22. The van der Waals surface area contributed by atoms with Crippen LogP contribution in [0.25, 0.3) is 22.3 Å². The molecule has 2 amide bonds. The Kier molecular flexibility index (Phi) is 9.32. The third-order valence-corrected chi connectivity index (χ3v) is 6.70. The summed E-state index contributed by atoms with van der Waals surface area (Å²) in [5.41, 5.74) is 9.56. The number of carbonyl (C=O) groups excluding carboxylic acids is 2. The van der Waals surface area contributed by atoms with Gasteiger partial charge in [0.05, 0.1) is 23.9 Å². The van der Waals surface area contributed by atoms with E-state index < -0.39 is 5.91 Å². The molecule has 2 aliphatic heterocycles. The molecule has 0 spiro atoms. The van der Waals surface area contributed by atoms with Crippen LogP contribution in [0.4, 0.5) is 11.5 Å². The van der Waals surface area contributed by atoms with Gasteiger partial charge >= 0.3 is 0 Å². The number of benzene rings is 1. The lowest BCUT2D eigenvalue weighted by atomic mass is 10.1. The van der Waals surface area contributed by atoms with Crippen molar-refractivity contribution in [1.29, 1.82) is 0 Å². The standard InChI is InChI=1S/C26H32N8O3.H2S/c27-23(35)5-6-24(36)34-12-10-33(11-13-34)19-3-1-18(2-4-19)21-15-22-25(30-8-7-29-22)26(32-21)31-17-20-16-28-9-14-37-20;/h1-4,7-8,15,20,28H,5-6,9-14,16-17H2,(H2,27,35)(H,31,32);1H2/t20-;/m0./s1. The van der Waals surface area contributed by atoms with E-state index in [4.69, 9.17) is 15.5 Å². The smallest absolute Gasteiger partial charge is 0.223 e. The van der Waals surface area contributed by atoms with E-state index in [2.05, 4.69) is 49.8 Å². The molecule has 4 heterocycles. The minimum absolute atomic E-state index is 0. The van der Waals surface area contributed by atoms with Gasteiger partial charge in [0.1, 0.15) is 5.52 Å². The van der Waals surface area contributed by atoms with E-state index in [0.29, 0.717) is 32.1 Å². The lowest BCUT2D eigenvalue weighted by Gasteiger charge is -2.36. The van der Waals surface area contributed by atoms with Crippen LogP contribution < -0.4 is 21.3 Å². The van der Waals surface area contributed by atoms with Gasteiger partial charge in [-0.15, -0.1) is 0 Å². The van der Waals surface area contributed by atoms with Crippen LogP contribution in [-0.4, -0.2) is 90.2 Å². The highest BCUT2D eigenvalue weighted by atomic mass is 32.1. The van der Waals surface area contributed by atoms with Gasteiger partial charge in [0.15, 0.2) is 5.82 Å². The van der Waals surface area contributed by atoms with Crippen molar-refractivity contribution in [1.82, 2.24) is 25.2 Å². The normalized spacial score (nSPS) is 17.6. The topological polar surface area (TPSA) is 139 Å². The molecule has 1 aromatic carbocycles. The molecule has 202 valence electrons. The number of morpholine rings is 1. The number of carbonyl (C=O) groups is 2. The van der Waals surface area contributed by atoms with Crippen molar-refractivity contribution < 1.29 is 14.3 Å². The number of rotatable bonds is 8. The molecule has 0 aliphatic carbocycles. The summed E-state index contributed by atoms with van der Waals surface area (Å²) in [5, 5.41) is 6.76. The highest BCUT2D eigenvalue weighted by Crippen LogP contribution is 2.27. The Morgan fingerprint density at radius 2 is 1.84 bits per heavy atom. The fourth-order valence-electron chi connectivity index (χ4n) is 4.65. The number of hydrogen-bond donors (Lipinski definition) is 3. The molecule has 0 bridgehead atoms. The summed E-state index contributed by atoms with van der Waals surface area (Å²) in [5.74, 6) is 0.226. The Balaban J connectivity index is 0.00000336. The molecule has 2 saturated heterocycles. The van der Waals surface area contributed by atoms with E-state index in [1.54, 1.807) is 17.3 Å². The number of anilines is 2. The van der Waals surface area contributed by atoms with Gasteiger partial charge in [-0.1, -0.05) is 12.1 Å². The molecule has 38 heavy (non-hydrogen) atoms. The molecule has 2 aromatic heterocycles. The van der Waals surface area contributed by atoms with Crippen LogP contribution in [0.15, 0.2) is 42.7 Å². The fraction of sp³-hybridized carbons (Fsp3) is 0.423. The second-order valence-electron chi connectivity index (χ2n) is 9.24. The van der Waals surface area contributed by atoms with Crippen molar-refractivity contribution in [3.05, 3.63) is 42.7 Å². The van der Waals surface area contributed by atoms with Gasteiger partial charge < -0.3 is 30.9 Å². The molecule has 2 fully saturated rings. The number of aromatic nitrogens is 3. The zero-order valence-electron chi connectivity index (χ0n) is 21.2. The first-order chi connectivity index (χ1) is 18.1. The van der Waals surface area contributed by atoms with Crippen LogP contribution in [0.5, 0.6) is 0 Å². The van der Waals surface area contributed by atoms with Gasteiger partial charge in [-0.05, 0) is 18.2 Å². The molecule has 3 aromatic rings. The van der Waals surface area contributed by atoms with Crippen molar-refractivity contribution in [3.63, 3.8) is 0 Å². The Labute approximate surface area is 228 Å². The average Bonchev–Trinajstić information content (AvgIpc) is 2.95. The molecule has 4 N–H and O–H groups in total. The maximum absolute atomic E-state index is 12.3. The fourth-order valence-corrected chi connectivity index (χ4v) is 4.65. The van der Waals surface area contributed by atoms with Crippen molar-refractivity contribution in [2.45, 2.75) is 18.9 Å². The zero-order chi connectivity index (χ0) is 25.6. The quantitative estimate of drug-likeness (QED) is 0.385. The van der Waals surface area contributed by atoms with E-state index in [1.807, 2.05) is 6.07 Å². The second-order valence-corrected chi connectivity index (χ2v) is 9.24. The number of pyridine rings is 1. The Morgan fingerprint density at radius 3 is 2.55 bits per heavy atom. The van der Waals surface area contributed by atoms with Gasteiger partial charge in [-0.3, -0.25) is 14.6 Å². The summed E-state index contributed by atoms with van der Waals surface area (Å²) in [6.07, 6.45) is 3.70. The van der Waals surface area contributed by atoms with Gasteiger partial charge in [-0.2, -0.15) is 13.5 Å². The first-order valence-electron chi connectivity index (χ1n) is 12.7. The third kappa shape index (κ3) is 6.69. The molecule has 0 unspecified atom stereocenters. The summed E-state index contributed by atoms with van der Waals surface area (Å²) in [7, 11) is 0. The van der Waals surface area contributed by atoms with Crippen molar-refractivity contribution in [3.8, 4) is 11.3 Å². The molecule has 0 saturated carbocycles. The first kappa shape index (κ1) is 27.6. The van der Waals surface area contributed by atoms with E-state index in [9.17, 15) is 9.59 Å². The Hall–Kier alpha value is -3.48. The highest BCUT2D eigenvalue weighted by molar-refractivity contribution is 7.59. The summed E-state index contributed by atoms with van der Waals surface area (Å²) in [6, 6.07) is 10.2. The lowest BCUT2D eigenvalue weighted by molar-refractivity contribution is -0.133. The van der Waals surface area contributed by atoms with Crippen molar-refractivity contribution in [2.24, 2.45) is 5.73 Å². The summed E-state index contributed by atoms with van der Waals surface area (Å²) in [6.45, 7) is 5.72. The number of ether oxygens (including phenoxy) is 1. The maximum Gasteiger partial charge on any atom is 0.223 e. The number of amides is 2. The number of primary amides is 1. The number of nitrogens with two attached hydrogens (primary N) is 1. The van der Waals surface area contributed by atoms with Crippen LogP contribution >= 0.6 is 13.5 Å². The lowest BCUT2D eigenvalue weighted by Crippen LogP contribution is -2.48. The van der Waals surface area contributed by atoms with E-state index in [-0.39, 0.29) is 38.3 Å². The summed E-state index contributed by atoms with van der Waals surface area (Å²) < 4.78 is 5.80. The predicted octanol–water partition coefficient (Wildman–Crippen LogP) is 1.12. The Bertz CT molecular complexity index is 1240. The predicted molar refractivity (Wildman–Crippen MR) is 151 cm³/mol. The molecule has 12 heteroatoms. The average molecular weight is 539 g/mol. The van der Waals surface area contributed by atoms with E-state index in [1.165, 1.54) is 0 Å². The second kappa shape index (κ2) is 12.9. The van der Waals surface area contributed by atoms with Crippen molar-refractivity contribution in [2.75, 3.05) is 62.6 Å². The van der Waals surface area contributed by atoms with Gasteiger partial charge in [-0.25, -0.2) is 9.97 Å². The molecule has 11 nitrogen and oxygen atoms in total. The van der Waals surface area contributed by atoms with E-state index in [0.717, 1.165) is 54.2 Å². The molecule has 1 atom stereocenters. The van der Waals surface area contributed by atoms with Crippen LogP contribution in [0.1, 0.15) is 12.8 Å². The number of nitrogens with zero attached hydrogens (tertiary/aromatic N) is 5. The van der Waals surface area contributed by atoms with Crippen molar-refractivity contribution >= 4 is 47.8 Å². The van der Waals surface area contributed by atoms with E-state index >= 15 is 0 Å². The SMILES string of the molecule is NC(=O)CCC(=O)N1CCN(c2ccc(-c3cc4nccnc4c(NC[C@@H]4CNCCO4)n3)cc2)CC1.S. The zero-order valence-corrected chi connectivity index (χ0v) is 22.2. The van der Waals surface area contributed by atoms with Gasteiger partial charge in [0.25, 0.3) is 0 Å². The number of fused-ring (bicyclic) bond motifs is 1. The molecule has 0 radical (unpaired) electrons. The first-order valence-corrected chi connectivity index (χ1v) is 12.7. The van der Waals surface area contributed by atoms with Gasteiger partial charge in [0.2, 0.25) is 11.8 Å². The minimum Gasteiger partial charge on any atom is -0.374 e. The molecule has 5 rings (SSSR count). The van der Waals surface area contributed by atoms with Gasteiger partial charge in [0, 0.05) is 82.3 Å². The largest absolute Gasteiger partial charge is 0.374 e. The Morgan fingerprint density at radius 1 is 1.08 bits per heavy atom. The number of piperazine rings is 1. The molecule has 2 aliphatic rings. The molecular weight excluding hydrogens is 504 g/mol. The minimum atomic E-state index is -0.446.